The van der Waals surface area contributed by atoms with E-state index in [4.69, 9.17) is 9.47 Å². The largest absolute Gasteiger partial charge is 0.497 e. The van der Waals surface area contributed by atoms with Gasteiger partial charge in [0.2, 0.25) is 0 Å². The Morgan fingerprint density at radius 2 is 1.29 bits per heavy atom. The molecule has 176 valence electrons. The molecule has 0 spiro atoms. The molecule has 0 radical (unpaired) electrons. The van der Waals surface area contributed by atoms with Crippen molar-refractivity contribution in [3.8, 4) is 22.6 Å². The van der Waals surface area contributed by atoms with Crippen LogP contribution in [0.3, 0.4) is 0 Å². The van der Waals surface area contributed by atoms with E-state index >= 15 is 0 Å². The molecule has 0 bridgehead atoms. The SMILES string of the molecule is COc1ccc(C(C)(C)c2ccc(OC(=O)c3ccc(C(C)=O)c(-c4ccccc4)c3)cc2)cc1. The van der Waals surface area contributed by atoms with Crippen LogP contribution in [0.15, 0.2) is 97.1 Å². The predicted molar refractivity (Wildman–Crippen MR) is 138 cm³/mol. The molecule has 4 nitrogen and oxygen atoms in total. The van der Waals surface area contributed by atoms with Crippen LogP contribution in [0.1, 0.15) is 52.6 Å². The molecule has 0 saturated carbocycles. The fourth-order valence-electron chi connectivity index (χ4n) is 4.11. The minimum Gasteiger partial charge on any atom is -0.497 e. The van der Waals surface area contributed by atoms with Gasteiger partial charge in [-0.25, -0.2) is 4.79 Å². The molecule has 0 aliphatic carbocycles. The summed E-state index contributed by atoms with van der Waals surface area (Å²) in [5.41, 5.74) is 4.56. The Labute approximate surface area is 206 Å². The first kappa shape index (κ1) is 24.0. The third kappa shape index (κ3) is 5.17. The lowest BCUT2D eigenvalue weighted by Gasteiger charge is -2.26. The number of hydrogen-bond acceptors (Lipinski definition) is 4. The number of methoxy groups -OCH3 is 1. The van der Waals surface area contributed by atoms with Crippen LogP contribution in [-0.4, -0.2) is 18.9 Å². The molecular weight excluding hydrogens is 436 g/mol. The van der Waals surface area contributed by atoms with Crippen LogP contribution < -0.4 is 9.47 Å². The van der Waals surface area contributed by atoms with Crippen molar-refractivity contribution in [3.63, 3.8) is 0 Å². The molecule has 0 heterocycles. The van der Waals surface area contributed by atoms with Gasteiger partial charge in [0.1, 0.15) is 11.5 Å². The lowest BCUT2D eigenvalue weighted by atomic mass is 9.78. The number of carbonyl (C=O) groups excluding carboxylic acids is 2. The Morgan fingerprint density at radius 3 is 1.83 bits per heavy atom. The molecule has 0 aliphatic rings. The van der Waals surface area contributed by atoms with E-state index in [-0.39, 0.29) is 11.2 Å². The second-order valence-corrected chi connectivity index (χ2v) is 8.95. The maximum Gasteiger partial charge on any atom is 0.343 e. The van der Waals surface area contributed by atoms with Crippen molar-refractivity contribution in [3.05, 3.63) is 119 Å². The van der Waals surface area contributed by atoms with Gasteiger partial charge in [0.25, 0.3) is 0 Å². The fourth-order valence-corrected chi connectivity index (χ4v) is 4.11. The van der Waals surface area contributed by atoms with E-state index < -0.39 is 5.97 Å². The maximum atomic E-state index is 12.9. The number of carbonyl (C=O) groups is 2. The molecular formula is C31H28O4. The minimum absolute atomic E-state index is 0.0566. The summed E-state index contributed by atoms with van der Waals surface area (Å²) < 4.78 is 10.9. The van der Waals surface area contributed by atoms with Crippen LogP contribution in [0.4, 0.5) is 0 Å². The molecule has 4 rings (SSSR count). The van der Waals surface area contributed by atoms with E-state index in [0.717, 1.165) is 22.4 Å². The molecule has 4 aromatic carbocycles. The zero-order valence-electron chi connectivity index (χ0n) is 20.4. The van der Waals surface area contributed by atoms with Crippen LogP contribution in [0.2, 0.25) is 0 Å². The Morgan fingerprint density at radius 1 is 0.714 bits per heavy atom. The van der Waals surface area contributed by atoms with Gasteiger partial charge in [0.05, 0.1) is 12.7 Å². The number of hydrogen-bond donors (Lipinski definition) is 0. The van der Waals surface area contributed by atoms with E-state index in [1.807, 2.05) is 54.6 Å². The van der Waals surface area contributed by atoms with Crippen molar-refractivity contribution in [1.82, 2.24) is 0 Å². The van der Waals surface area contributed by atoms with Gasteiger partial charge in [0, 0.05) is 11.0 Å². The van der Waals surface area contributed by atoms with Gasteiger partial charge < -0.3 is 9.47 Å². The summed E-state index contributed by atoms with van der Waals surface area (Å²) in [6.45, 7) is 5.82. The highest BCUT2D eigenvalue weighted by Gasteiger charge is 2.23. The van der Waals surface area contributed by atoms with E-state index in [1.165, 1.54) is 6.92 Å². The number of ether oxygens (including phenoxy) is 2. The highest BCUT2D eigenvalue weighted by Crippen LogP contribution is 2.33. The van der Waals surface area contributed by atoms with Gasteiger partial charge in [-0.05, 0) is 71.6 Å². The highest BCUT2D eigenvalue weighted by atomic mass is 16.5. The smallest absolute Gasteiger partial charge is 0.343 e. The average molecular weight is 465 g/mol. The van der Waals surface area contributed by atoms with E-state index in [0.29, 0.717) is 22.4 Å². The Balaban J connectivity index is 1.55. The molecule has 0 fully saturated rings. The first-order valence-electron chi connectivity index (χ1n) is 11.5. The molecule has 0 aromatic heterocycles. The van der Waals surface area contributed by atoms with E-state index in [9.17, 15) is 9.59 Å². The highest BCUT2D eigenvalue weighted by molar-refractivity contribution is 6.03. The number of rotatable bonds is 7. The van der Waals surface area contributed by atoms with E-state index in [1.54, 1.807) is 37.4 Å². The molecule has 0 aliphatic heterocycles. The standard InChI is InChI=1S/C31H28O4/c1-21(32)28-19-10-23(20-29(28)22-8-6-5-7-9-22)30(33)35-27-17-13-25(14-18-27)31(2,3)24-11-15-26(34-4)16-12-24/h5-20H,1-4H3. The van der Waals surface area contributed by atoms with Crippen LogP contribution in [0.25, 0.3) is 11.1 Å². The summed E-state index contributed by atoms with van der Waals surface area (Å²) in [7, 11) is 1.65. The van der Waals surface area contributed by atoms with Crippen molar-refractivity contribution >= 4 is 11.8 Å². The number of benzene rings is 4. The van der Waals surface area contributed by atoms with Gasteiger partial charge in [-0.15, -0.1) is 0 Å². The molecule has 0 unspecified atom stereocenters. The molecule has 0 atom stereocenters. The molecule has 4 aromatic rings. The zero-order valence-corrected chi connectivity index (χ0v) is 20.4. The Bertz CT molecular complexity index is 1340. The second-order valence-electron chi connectivity index (χ2n) is 8.95. The maximum absolute atomic E-state index is 12.9. The van der Waals surface area contributed by atoms with Gasteiger partial charge in [-0.1, -0.05) is 68.4 Å². The predicted octanol–water partition coefficient (Wildman–Crippen LogP) is 7.11. The summed E-state index contributed by atoms with van der Waals surface area (Å²) in [5.74, 6) is 0.748. The van der Waals surface area contributed by atoms with Crippen LogP contribution >= 0.6 is 0 Å². The first-order chi connectivity index (χ1) is 16.8. The quantitative estimate of drug-likeness (QED) is 0.166. The second kappa shape index (κ2) is 9.98. The van der Waals surface area contributed by atoms with Crippen molar-refractivity contribution in [1.29, 1.82) is 0 Å². The van der Waals surface area contributed by atoms with Crippen molar-refractivity contribution in [2.75, 3.05) is 7.11 Å². The van der Waals surface area contributed by atoms with Crippen molar-refractivity contribution in [2.45, 2.75) is 26.2 Å². The molecule has 0 N–H and O–H groups in total. The lowest BCUT2D eigenvalue weighted by molar-refractivity contribution is 0.0734. The summed E-state index contributed by atoms with van der Waals surface area (Å²) in [6.07, 6.45) is 0. The molecule has 0 amide bonds. The third-order valence-corrected chi connectivity index (χ3v) is 6.32. The van der Waals surface area contributed by atoms with Crippen LogP contribution in [0.5, 0.6) is 11.5 Å². The topological polar surface area (TPSA) is 52.6 Å². The summed E-state index contributed by atoms with van der Waals surface area (Å²) in [4.78, 5) is 25.1. The average Bonchev–Trinajstić information content (AvgIpc) is 2.89. The molecule has 35 heavy (non-hydrogen) atoms. The van der Waals surface area contributed by atoms with E-state index in [2.05, 4.69) is 26.0 Å². The lowest BCUT2D eigenvalue weighted by Crippen LogP contribution is -2.18. The normalized spacial score (nSPS) is 11.1. The number of esters is 1. The Kier molecular flexibility index (Phi) is 6.83. The first-order valence-corrected chi connectivity index (χ1v) is 11.5. The minimum atomic E-state index is -0.473. The number of Topliss-reactive ketones (excluding diaryl/α,β-unsaturated/α-hetero) is 1. The zero-order chi connectivity index (χ0) is 25.0. The van der Waals surface area contributed by atoms with Gasteiger partial charge in [-0.2, -0.15) is 0 Å². The van der Waals surface area contributed by atoms with Crippen LogP contribution in [0, 0.1) is 0 Å². The summed E-state index contributed by atoms with van der Waals surface area (Å²) in [6, 6.07) is 30.2. The summed E-state index contributed by atoms with van der Waals surface area (Å²) in [5, 5.41) is 0. The van der Waals surface area contributed by atoms with Gasteiger partial charge in [0.15, 0.2) is 5.78 Å². The molecule has 4 heteroatoms. The Hall–Kier alpha value is -4.18. The van der Waals surface area contributed by atoms with Gasteiger partial charge in [-0.3, -0.25) is 4.79 Å². The number of ketones is 1. The van der Waals surface area contributed by atoms with Crippen LogP contribution in [-0.2, 0) is 5.41 Å². The van der Waals surface area contributed by atoms with Crippen molar-refractivity contribution in [2.24, 2.45) is 0 Å². The van der Waals surface area contributed by atoms with Crippen molar-refractivity contribution < 1.29 is 19.1 Å². The fraction of sp³-hybridized carbons (Fsp3) is 0.161. The third-order valence-electron chi connectivity index (χ3n) is 6.32. The molecule has 0 saturated heterocycles. The monoisotopic (exact) mass is 464 g/mol. The summed E-state index contributed by atoms with van der Waals surface area (Å²) >= 11 is 0. The van der Waals surface area contributed by atoms with Gasteiger partial charge >= 0.3 is 5.97 Å².